The summed E-state index contributed by atoms with van der Waals surface area (Å²) in [6.07, 6.45) is 1.22. The van der Waals surface area contributed by atoms with Crippen LogP contribution in [0.3, 0.4) is 0 Å². The first-order valence-corrected chi connectivity index (χ1v) is 6.58. The molecule has 1 atom stereocenters. The van der Waals surface area contributed by atoms with Crippen LogP contribution >= 0.6 is 0 Å². The predicted molar refractivity (Wildman–Crippen MR) is 74.7 cm³/mol. The number of oxazole rings is 1. The van der Waals surface area contributed by atoms with Gasteiger partial charge in [-0.15, -0.1) is 0 Å². The third kappa shape index (κ3) is 2.60. The highest BCUT2D eigenvalue weighted by molar-refractivity contribution is 6.04. The maximum atomic E-state index is 12.3. The van der Waals surface area contributed by atoms with Gasteiger partial charge in [-0.05, 0) is 25.0 Å². The molecule has 0 aliphatic heterocycles. The number of aromatic nitrogens is 1. The largest absolute Gasteiger partial charge is 0.419 e. The Balaban J connectivity index is 2.35. The van der Waals surface area contributed by atoms with E-state index in [-0.39, 0.29) is 24.1 Å². The molecule has 1 aromatic heterocycles. The van der Waals surface area contributed by atoms with E-state index in [0.717, 1.165) is 6.42 Å². The number of carbonyl (C=O) groups excluding carboxylic acids is 1. The number of fused-ring (bicyclic) bond motifs is 1. The van der Waals surface area contributed by atoms with Gasteiger partial charge in [-0.25, -0.2) is 4.79 Å². The van der Waals surface area contributed by atoms with Gasteiger partial charge in [0.05, 0.1) is 11.1 Å². The van der Waals surface area contributed by atoms with E-state index < -0.39 is 5.76 Å². The lowest BCUT2D eigenvalue weighted by Gasteiger charge is -2.15. The number of hydrogen-bond donors (Lipinski definition) is 2. The average molecular weight is 278 g/mol. The Bertz CT molecular complexity index is 671. The van der Waals surface area contributed by atoms with Crippen molar-refractivity contribution >= 4 is 17.0 Å². The van der Waals surface area contributed by atoms with E-state index in [0.29, 0.717) is 17.5 Å². The number of aryl methyl sites for hydroxylation is 1. The molecule has 1 unspecified atom stereocenters. The molecule has 2 rings (SSSR count). The molecule has 0 saturated carbocycles. The van der Waals surface area contributed by atoms with Crippen molar-refractivity contribution in [1.29, 1.82) is 0 Å². The van der Waals surface area contributed by atoms with Crippen LogP contribution < -0.4 is 11.1 Å². The third-order valence-corrected chi connectivity index (χ3v) is 3.37. The van der Waals surface area contributed by atoms with Crippen LogP contribution in [0, 0.1) is 0 Å². The molecule has 1 amide bonds. The van der Waals surface area contributed by atoms with Crippen LogP contribution in [0.25, 0.3) is 11.1 Å². The second-order valence-corrected chi connectivity index (χ2v) is 4.67. The van der Waals surface area contributed by atoms with Crippen molar-refractivity contribution in [2.24, 2.45) is 7.05 Å². The number of para-hydroxylation sites is 1. The maximum Gasteiger partial charge on any atom is 0.419 e. The molecule has 0 bridgehead atoms. The summed E-state index contributed by atoms with van der Waals surface area (Å²) in [7, 11) is 1.59. The Morgan fingerprint density at radius 2 is 2.25 bits per heavy atom. The number of nitrogens with one attached hydrogen (secondary N) is 1. The van der Waals surface area contributed by atoms with Crippen molar-refractivity contribution in [3.05, 3.63) is 34.3 Å². The quantitative estimate of drug-likeness (QED) is 0.855. The Kier molecular flexibility index (Phi) is 4.24. The van der Waals surface area contributed by atoms with E-state index in [1.807, 2.05) is 6.92 Å². The molecule has 0 radical (unpaired) electrons. The standard InChI is InChI=1S/C14H18N2O4/c1-3-9(7-8-17)15-13(18)10-5-4-6-11-12(10)20-14(19)16(11)2/h4-6,9,17H,3,7-8H2,1-2H3,(H,15,18). The minimum atomic E-state index is -0.498. The van der Waals surface area contributed by atoms with Gasteiger partial charge in [-0.1, -0.05) is 13.0 Å². The van der Waals surface area contributed by atoms with E-state index in [9.17, 15) is 9.59 Å². The zero-order valence-corrected chi connectivity index (χ0v) is 11.5. The molecule has 2 N–H and O–H groups in total. The molecule has 6 nitrogen and oxygen atoms in total. The van der Waals surface area contributed by atoms with E-state index in [2.05, 4.69) is 5.32 Å². The number of rotatable bonds is 5. The lowest BCUT2D eigenvalue weighted by atomic mass is 10.1. The fourth-order valence-corrected chi connectivity index (χ4v) is 2.13. The van der Waals surface area contributed by atoms with Crippen molar-refractivity contribution in [2.75, 3.05) is 6.61 Å². The second-order valence-electron chi connectivity index (χ2n) is 4.67. The number of carbonyl (C=O) groups is 1. The smallest absolute Gasteiger partial charge is 0.407 e. The van der Waals surface area contributed by atoms with Crippen molar-refractivity contribution in [3.63, 3.8) is 0 Å². The third-order valence-electron chi connectivity index (χ3n) is 3.37. The number of hydrogen-bond acceptors (Lipinski definition) is 4. The highest BCUT2D eigenvalue weighted by Crippen LogP contribution is 2.17. The topological polar surface area (TPSA) is 84.5 Å². The summed E-state index contributed by atoms with van der Waals surface area (Å²) < 4.78 is 6.48. The first kappa shape index (κ1) is 14.3. The number of aliphatic hydroxyl groups excluding tert-OH is 1. The van der Waals surface area contributed by atoms with Gasteiger partial charge in [-0.2, -0.15) is 0 Å². The Morgan fingerprint density at radius 1 is 1.50 bits per heavy atom. The second kappa shape index (κ2) is 5.92. The molecule has 6 heteroatoms. The molecule has 108 valence electrons. The first-order valence-electron chi connectivity index (χ1n) is 6.58. The van der Waals surface area contributed by atoms with Gasteiger partial charge in [0, 0.05) is 19.7 Å². The van der Waals surface area contributed by atoms with Crippen LogP contribution in [-0.2, 0) is 7.05 Å². The highest BCUT2D eigenvalue weighted by Gasteiger charge is 2.18. The predicted octanol–water partition coefficient (Wildman–Crippen LogP) is 1.02. The molecule has 0 fully saturated rings. The molecule has 0 spiro atoms. The van der Waals surface area contributed by atoms with E-state index in [4.69, 9.17) is 9.52 Å². The lowest BCUT2D eigenvalue weighted by molar-refractivity contribution is 0.0930. The molecule has 0 aliphatic carbocycles. The fourth-order valence-electron chi connectivity index (χ4n) is 2.13. The van der Waals surface area contributed by atoms with Crippen molar-refractivity contribution in [3.8, 4) is 0 Å². The molecule has 1 heterocycles. The van der Waals surface area contributed by atoms with Crippen LogP contribution in [0.15, 0.2) is 27.4 Å². The normalized spacial score (nSPS) is 12.6. The van der Waals surface area contributed by atoms with Gasteiger partial charge in [0.25, 0.3) is 5.91 Å². The zero-order valence-electron chi connectivity index (χ0n) is 11.5. The van der Waals surface area contributed by atoms with E-state index >= 15 is 0 Å². The van der Waals surface area contributed by atoms with Gasteiger partial charge in [0.2, 0.25) is 0 Å². The number of amides is 1. The van der Waals surface area contributed by atoms with Crippen LogP contribution in [0.4, 0.5) is 0 Å². The summed E-state index contributed by atoms with van der Waals surface area (Å²) >= 11 is 0. The van der Waals surface area contributed by atoms with Gasteiger partial charge in [-0.3, -0.25) is 9.36 Å². The summed E-state index contributed by atoms with van der Waals surface area (Å²) in [4.78, 5) is 23.8. The molecular weight excluding hydrogens is 260 g/mol. The Morgan fingerprint density at radius 3 is 2.90 bits per heavy atom. The highest BCUT2D eigenvalue weighted by atomic mass is 16.4. The van der Waals surface area contributed by atoms with Crippen molar-refractivity contribution < 1.29 is 14.3 Å². The fraction of sp³-hybridized carbons (Fsp3) is 0.429. The van der Waals surface area contributed by atoms with Gasteiger partial charge >= 0.3 is 5.76 Å². The van der Waals surface area contributed by atoms with Crippen molar-refractivity contribution in [1.82, 2.24) is 9.88 Å². The summed E-state index contributed by atoms with van der Waals surface area (Å²) in [6.45, 7) is 1.95. The van der Waals surface area contributed by atoms with Gasteiger partial charge in [0.15, 0.2) is 5.58 Å². The lowest BCUT2D eigenvalue weighted by Crippen LogP contribution is -2.35. The van der Waals surface area contributed by atoms with Crippen LogP contribution in [0.2, 0.25) is 0 Å². The van der Waals surface area contributed by atoms with Crippen LogP contribution in [0.5, 0.6) is 0 Å². The minimum Gasteiger partial charge on any atom is -0.407 e. The number of nitrogens with zero attached hydrogens (tertiary/aromatic N) is 1. The first-order chi connectivity index (χ1) is 9.58. The Hall–Kier alpha value is -2.08. The summed E-state index contributed by atoms with van der Waals surface area (Å²) in [5, 5.41) is 11.8. The summed E-state index contributed by atoms with van der Waals surface area (Å²) in [5.41, 5.74) is 1.20. The van der Waals surface area contributed by atoms with E-state index in [1.165, 1.54) is 4.57 Å². The van der Waals surface area contributed by atoms with Crippen LogP contribution in [-0.4, -0.2) is 28.2 Å². The maximum absolute atomic E-state index is 12.3. The van der Waals surface area contributed by atoms with Gasteiger partial charge in [0.1, 0.15) is 0 Å². The van der Waals surface area contributed by atoms with Gasteiger partial charge < -0.3 is 14.8 Å². The molecular formula is C14H18N2O4. The molecule has 0 saturated heterocycles. The van der Waals surface area contributed by atoms with E-state index in [1.54, 1.807) is 25.2 Å². The summed E-state index contributed by atoms with van der Waals surface area (Å²) in [6, 6.07) is 4.95. The molecule has 1 aromatic carbocycles. The van der Waals surface area contributed by atoms with Crippen molar-refractivity contribution in [2.45, 2.75) is 25.8 Å². The molecule has 2 aromatic rings. The summed E-state index contributed by atoms with van der Waals surface area (Å²) in [5.74, 6) is -0.798. The molecule has 20 heavy (non-hydrogen) atoms. The monoisotopic (exact) mass is 278 g/mol. The Labute approximate surface area is 116 Å². The molecule has 0 aliphatic rings. The minimum absolute atomic E-state index is 0.0173. The van der Waals surface area contributed by atoms with Crippen LogP contribution in [0.1, 0.15) is 30.1 Å². The SMILES string of the molecule is CCC(CCO)NC(=O)c1cccc2c1oc(=O)n2C. The average Bonchev–Trinajstić information content (AvgIpc) is 2.73. The number of aliphatic hydroxyl groups is 1. The number of benzene rings is 1. The zero-order chi connectivity index (χ0) is 14.7.